The van der Waals surface area contributed by atoms with Crippen LogP contribution in [0.15, 0.2) is 18.3 Å². The van der Waals surface area contributed by atoms with Crippen LogP contribution in [0.25, 0.3) is 0 Å². The van der Waals surface area contributed by atoms with Gasteiger partial charge in [-0.3, -0.25) is 4.90 Å². The van der Waals surface area contributed by atoms with Crippen LogP contribution in [0.2, 0.25) is 0 Å². The molecule has 118 valence electrons. The van der Waals surface area contributed by atoms with Gasteiger partial charge in [0.2, 0.25) is 0 Å². The van der Waals surface area contributed by atoms with Crippen molar-refractivity contribution < 1.29 is 0 Å². The molecule has 1 N–H and O–H groups in total. The molecule has 1 aromatic rings. The van der Waals surface area contributed by atoms with Gasteiger partial charge < -0.3 is 10.2 Å². The molecule has 1 aliphatic rings. The Morgan fingerprint density at radius 1 is 1.38 bits per heavy atom. The van der Waals surface area contributed by atoms with E-state index < -0.39 is 0 Å². The molecule has 1 saturated heterocycles. The van der Waals surface area contributed by atoms with Crippen LogP contribution in [0, 0.1) is 0 Å². The van der Waals surface area contributed by atoms with Crippen molar-refractivity contribution >= 4 is 5.82 Å². The van der Waals surface area contributed by atoms with E-state index in [9.17, 15) is 0 Å². The van der Waals surface area contributed by atoms with Crippen molar-refractivity contribution in [3.8, 4) is 0 Å². The van der Waals surface area contributed by atoms with Gasteiger partial charge in [-0.1, -0.05) is 20.8 Å². The van der Waals surface area contributed by atoms with Crippen LogP contribution in [-0.2, 0) is 0 Å². The number of hydrogen-bond acceptors (Lipinski definition) is 4. The molecular formula is C17H30N4. The standard InChI is InChI=1S/C17H30N4/c1-5-18-14(4)15-8-10-19-17(12-15)21-11-9-16(13-21)20(6-2)7-3/h8,10,12,14,16,18H,5-7,9,11,13H2,1-4H3. The normalized spacial score (nSPS) is 20.2. The summed E-state index contributed by atoms with van der Waals surface area (Å²) < 4.78 is 0. The number of nitrogens with one attached hydrogen (secondary N) is 1. The third-order valence-corrected chi connectivity index (χ3v) is 4.60. The number of pyridine rings is 1. The highest BCUT2D eigenvalue weighted by Crippen LogP contribution is 2.23. The lowest BCUT2D eigenvalue weighted by Gasteiger charge is -2.26. The van der Waals surface area contributed by atoms with Crippen LogP contribution in [0.4, 0.5) is 5.82 Å². The van der Waals surface area contributed by atoms with E-state index in [4.69, 9.17) is 0 Å². The van der Waals surface area contributed by atoms with Gasteiger partial charge in [0.25, 0.3) is 0 Å². The van der Waals surface area contributed by atoms with Gasteiger partial charge in [-0.05, 0) is 50.7 Å². The van der Waals surface area contributed by atoms with Gasteiger partial charge in [-0.15, -0.1) is 0 Å². The Hall–Kier alpha value is -1.13. The molecule has 1 fully saturated rings. The summed E-state index contributed by atoms with van der Waals surface area (Å²) >= 11 is 0. The molecule has 1 aliphatic heterocycles. The van der Waals surface area contributed by atoms with E-state index in [1.165, 1.54) is 12.0 Å². The first-order valence-corrected chi connectivity index (χ1v) is 8.37. The summed E-state index contributed by atoms with van der Waals surface area (Å²) in [6.07, 6.45) is 3.19. The molecule has 2 rings (SSSR count). The summed E-state index contributed by atoms with van der Waals surface area (Å²) in [7, 11) is 0. The first-order valence-electron chi connectivity index (χ1n) is 8.37. The second-order valence-electron chi connectivity index (χ2n) is 5.84. The zero-order valence-electron chi connectivity index (χ0n) is 14.0. The lowest BCUT2D eigenvalue weighted by Crippen LogP contribution is -2.37. The quantitative estimate of drug-likeness (QED) is 0.836. The first-order chi connectivity index (χ1) is 10.2. The van der Waals surface area contributed by atoms with E-state index >= 15 is 0 Å². The second kappa shape index (κ2) is 7.76. The molecule has 2 unspecified atom stereocenters. The Labute approximate surface area is 129 Å². The molecule has 0 amide bonds. The van der Waals surface area contributed by atoms with Crippen LogP contribution >= 0.6 is 0 Å². The fraction of sp³-hybridized carbons (Fsp3) is 0.706. The fourth-order valence-electron chi connectivity index (χ4n) is 3.29. The largest absolute Gasteiger partial charge is 0.355 e. The van der Waals surface area contributed by atoms with Crippen molar-refractivity contribution in [1.29, 1.82) is 0 Å². The number of aromatic nitrogens is 1. The van der Waals surface area contributed by atoms with Crippen molar-refractivity contribution in [2.75, 3.05) is 37.6 Å². The minimum absolute atomic E-state index is 0.387. The van der Waals surface area contributed by atoms with Crippen LogP contribution < -0.4 is 10.2 Å². The van der Waals surface area contributed by atoms with Crippen LogP contribution in [-0.4, -0.2) is 48.6 Å². The topological polar surface area (TPSA) is 31.4 Å². The highest BCUT2D eigenvalue weighted by Gasteiger charge is 2.27. The molecule has 0 aromatic carbocycles. The number of anilines is 1. The minimum atomic E-state index is 0.387. The van der Waals surface area contributed by atoms with Crippen molar-refractivity contribution in [1.82, 2.24) is 15.2 Å². The third kappa shape index (κ3) is 3.95. The SMILES string of the molecule is CCNC(C)c1ccnc(N2CCC(N(CC)CC)C2)c1. The van der Waals surface area contributed by atoms with E-state index in [1.807, 2.05) is 6.20 Å². The Bertz CT molecular complexity index is 431. The summed E-state index contributed by atoms with van der Waals surface area (Å²) in [6, 6.07) is 5.43. The summed E-state index contributed by atoms with van der Waals surface area (Å²) in [5.74, 6) is 1.13. The molecule has 2 atom stereocenters. The molecular weight excluding hydrogens is 260 g/mol. The minimum Gasteiger partial charge on any atom is -0.355 e. The van der Waals surface area contributed by atoms with Crippen molar-refractivity contribution in [3.05, 3.63) is 23.9 Å². The average molecular weight is 290 g/mol. The molecule has 0 spiro atoms. The van der Waals surface area contributed by atoms with E-state index in [2.05, 4.69) is 59.9 Å². The molecule has 0 saturated carbocycles. The lowest BCUT2D eigenvalue weighted by molar-refractivity contribution is 0.232. The molecule has 2 heterocycles. The highest BCUT2D eigenvalue weighted by molar-refractivity contribution is 5.43. The maximum atomic E-state index is 4.59. The summed E-state index contributed by atoms with van der Waals surface area (Å²) in [5.41, 5.74) is 1.33. The maximum Gasteiger partial charge on any atom is 0.128 e. The number of likely N-dealkylation sites (N-methyl/N-ethyl adjacent to an activating group) is 1. The van der Waals surface area contributed by atoms with Crippen molar-refractivity contribution in [3.63, 3.8) is 0 Å². The monoisotopic (exact) mass is 290 g/mol. The molecule has 4 nitrogen and oxygen atoms in total. The molecule has 4 heteroatoms. The van der Waals surface area contributed by atoms with Gasteiger partial charge >= 0.3 is 0 Å². The lowest BCUT2D eigenvalue weighted by atomic mass is 10.1. The highest BCUT2D eigenvalue weighted by atomic mass is 15.3. The Balaban J connectivity index is 2.04. The van der Waals surface area contributed by atoms with E-state index in [0.29, 0.717) is 12.1 Å². The first kappa shape index (κ1) is 16.2. The summed E-state index contributed by atoms with van der Waals surface area (Å²) in [4.78, 5) is 9.59. The van der Waals surface area contributed by atoms with Gasteiger partial charge in [-0.25, -0.2) is 4.98 Å². The van der Waals surface area contributed by atoms with E-state index in [0.717, 1.165) is 38.5 Å². The second-order valence-corrected chi connectivity index (χ2v) is 5.84. The van der Waals surface area contributed by atoms with E-state index in [-0.39, 0.29) is 0 Å². The maximum absolute atomic E-state index is 4.59. The Morgan fingerprint density at radius 2 is 2.14 bits per heavy atom. The van der Waals surface area contributed by atoms with Gasteiger partial charge in [-0.2, -0.15) is 0 Å². The van der Waals surface area contributed by atoms with Gasteiger partial charge in [0.1, 0.15) is 5.82 Å². The molecule has 0 radical (unpaired) electrons. The molecule has 0 aliphatic carbocycles. The average Bonchev–Trinajstić information content (AvgIpc) is 2.99. The van der Waals surface area contributed by atoms with Crippen molar-refractivity contribution in [2.45, 2.75) is 46.2 Å². The van der Waals surface area contributed by atoms with Crippen LogP contribution in [0.3, 0.4) is 0 Å². The number of hydrogen-bond donors (Lipinski definition) is 1. The van der Waals surface area contributed by atoms with Crippen LogP contribution in [0.1, 0.15) is 45.7 Å². The van der Waals surface area contributed by atoms with Crippen LogP contribution in [0.5, 0.6) is 0 Å². The number of rotatable bonds is 7. The predicted molar refractivity (Wildman–Crippen MR) is 89.9 cm³/mol. The summed E-state index contributed by atoms with van der Waals surface area (Å²) in [5, 5.41) is 3.47. The van der Waals surface area contributed by atoms with Gasteiger partial charge in [0.15, 0.2) is 0 Å². The molecule has 21 heavy (non-hydrogen) atoms. The Kier molecular flexibility index (Phi) is 6.00. The predicted octanol–water partition coefficient (Wildman–Crippen LogP) is 2.67. The molecule has 0 bridgehead atoms. The zero-order chi connectivity index (χ0) is 15.2. The zero-order valence-corrected chi connectivity index (χ0v) is 14.0. The number of nitrogens with zero attached hydrogens (tertiary/aromatic N) is 3. The Morgan fingerprint density at radius 3 is 2.81 bits per heavy atom. The van der Waals surface area contributed by atoms with E-state index in [1.54, 1.807) is 0 Å². The third-order valence-electron chi connectivity index (χ3n) is 4.60. The smallest absolute Gasteiger partial charge is 0.128 e. The fourth-order valence-corrected chi connectivity index (χ4v) is 3.29. The molecule has 1 aromatic heterocycles. The van der Waals surface area contributed by atoms with Gasteiger partial charge in [0.05, 0.1) is 0 Å². The van der Waals surface area contributed by atoms with Crippen molar-refractivity contribution in [2.24, 2.45) is 0 Å². The summed E-state index contributed by atoms with van der Waals surface area (Å²) in [6.45, 7) is 14.4. The van der Waals surface area contributed by atoms with Gasteiger partial charge in [0, 0.05) is 31.4 Å².